The standard InChI is InChI=1S/C23H27NO5/c1-26-18-9-20(28-3)19(27-2)8-16(18)7-17-21(25)29-22(24-17)23-10-13-4-14(11-23)6-15(5-13)12-23/h7-9,13-15H,4-6,10-12H2,1-3H3/b17-7-. The molecule has 1 heterocycles. The minimum Gasteiger partial charge on any atom is -0.496 e. The number of esters is 1. The van der Waals surface area contributed by atoms with Gasteiger partial charge in [0.05, 0.1) is 21.3 Å². The fourth-order valence-electron chi connectivity index (χ4n) is 6.32. The lowest BCUT2D eigenvalue weighted by Gasteiger charge is -2.55. The highest BCUT2D eigenvalue weighted by atomic mass is 16.6. The van der Waals surface area contributed by atoms with Crippen LogP contribution < -0.4 is 14.2 Å². The molecule has 0 radical (unpaired) electrons. The molecule has 0 N–H and O–H groups in total. The monoisotopic (exact) mass is 397 g/mol. The summed E-state index contributed by atoms with van der Waals surface area (Å²) in [6.45, 7) is 0. The lowest BCUT2D eigenvalue weighted by Crippen LogP contribution is -2.50. The van der Waals surface area contributed by atoms with Gasteiger partial charge in [-0.1, -0.05) is 0 Å². The average molecular weight is 397 g/mol. The number of hydrogen-bond acceptors (Lipinski definition) is 6. The predicted octanol–water partition coefficient (Wildman–Crippen LogP) is 4.23. The highest BCUT2D eigenvalue weighted by Crippen LogP contribution is 2.61. The van der Waals surface area contributed by atoms with Crippen molar-refractivity contribution in [2.75, 3.05) is 21.3 Å². The molecule has 1 aromatic carbocycles. The van der Waals surface area contributed by atoms with E-state index in [0.29, 0.717) is 34.4 Å². The van der Waals surface area contributed by atoms with Crippen LogP contribution in [0.15, 0.2) is 22.8 Å². The number of methoxy groups -OCH3 is 3. The lowest BCUT2D eigenvalue weighted by atomic mass is 9.49. The molecule has 6 heteroatoms. The van der Waals surface area contributed by atoms with Crippen molar-refractivity contribution in [2.45, 2.75) is 38.5 Å². The first-order chi connectivity index (χ1) is 14.0. The summed E-state index contributed by atoms with van der Waals surface area (Å²) in [6, 6.07) is 3.53. The van der Waals surface area contributed by atoms with Crippen molar-refractivity contribution in [3.05, 3.63) is 23.4 Å². The van der Waals surface area contributed by atoms with Crippen LogP contribution in [0.5, 0.6) is 17.2 Å². The van der Waals surface area contributed by atoms with Crippen LogP contribution in [-0.2, 0) is 9.53 Å². The molecule has 4 fully saturated rings. The van der Waals surface area contributed by atoms with E-state index in [4.69, 9.17) is 23.9 Å². The van der Waals surface area contributed by atoms with Crippen molar-refractivity contribution in [3.63, 3.8) is 0 Å². The smallest absolute Gasteiger partial charge is 0.363 e. The molecule has 29 heavy (non-hydrogen) atoms. The van der Waals surface area contributed by atoms with Crippen LogP contribution in [0.3, 0.4) is 0 Å². The number of rotatable bonds is 5. The third-order valence-electron chi connectivity index (χ3n) is 7.14. The molecule has 0 unspecified atom stereocenters. The van der Waals surface area contributed by atoms with Gasteiger partial charge in [0.1, 0.15) is 5.75 Å². The maximum Gasteiger partial charge on any atom is 0.363 e. The van der Waals surface area contributed by atoms with Crippen molar-refractivity contribution < 1.29 is 23.7 Å². The Hall–Kier alpha value is -2.50. The summed E-state index contributed by atoms with van der Waals surface area (Å²) in [7, 11) is 4.74. The quantitative estimate of drug-likeness (QED) is 0.550. The molecule has 4 bridgehead atoms. The number of nitrogens with zero attached hydrogens (tertiary/aromatic N) is 1. The third-order valence-corrected chi connectivity index (χ3v) is 7.14. The Morgan fingerprint density at radius 3 is 2.03 bits per heavy atom. The molecule has 6 nitrogen and oxygen atoms in total. The van der Waals surface area contributed by atoms with Gasteiger partial charge in [-0.15, -0.1) is 0 Å². The number of hydrogen-bond donors (Lipinski definition) is 0. The number of ether oxygens (including phenoxy) is 4. The summed E-state index contributed by atoms with van der Waals surface area (Å²) in [5.74, 6) is 4.28. The van der Waals surface area contributed by atoms with Crippen LogP contribution in [0.4, 0.5) is 0 Å². The molecule has 0 saturated heterocycles. The van der Waals surface area contributed by atoms with Gasteiger partial charge in [0.2, 0.25) is 5.90 Å². The molecule has 4 aliphatic carbocycles. The molecule has 0 spiro atoms. The van der Waals surface area contributed by atoms with Gasteiger partial charge < -0.3 is 18.9 Å². The molecule has 1 aromatic rings. The van der Waals surface area contributed by atoms with Crippen LogP contribution in [0.1, 0.15) is 44.1 Å². The summed E-state index contributed by atoms with van der Waals surface area (Å²) in [4.78, 5) is 17.4. The molecule has 5 aliphatic rings. The van der Waals surface area contributed by atoms with Crippen LogP contribution >= 0.6 is 0 Å². The predicted molar refractivity (Wildman–Crippen MR) is 108 cm³/mol. The highest BCUT2D eigenvalue weighted by Gasteiger charge is 2.55. The van der Waals surface area contributed by atoms with E-state index in [1.165, 1.54) is 19.3 Å². The summed E-state index contributed by atoms with van der Waals surface area (Å²) in [5, 5.41) is 0. The minimum absolute atomic E-state index is 0.0400. The lowest BCUT2D eigenvalue weighted by molar-refractivity contribution is -0.131. The van der Waals surface area contributed by atoms with E-state index in [1.807, 2.05) is 0 Å². The van der Waals surface area contributed by atoms with Crippen LogP contribution in [-0.4, -0.2) is 33.2 Å². The number of carbonyl (C=O) groups is 1. The Morgan fingerprint density at radius 2 is 1.48 bits per heavy atom. The first-order valence-electron chi connectivity index (χ1n) is 10.4. The van der Waals surface area contributed by atoms with Crippen LogP contribution in [0, 0.1) is 23.2 Å². The molecule has 0 amide bonds. The Labute approximate surface area is 170 Å². The summed E-state index contributed by atoms with van der Waals surface area (Å²) in [5.41, 5.74) is 0.982. The fourth-order valence-corrected chi connectivity index (χ4v) is 6.32. The second kappa shape index (κ2) is 6.78. The van der Waals surface area contributed by atoms with E-state index >= 15 is 0 Å². The molecule has 0 atom stereocenters. The van der Waals surface area contributed by atoms with Gasteiger partial charge in [0.25, 0.3) is 0 Å². The third kappa shape index (κ3) is 3.00. The summed E-state index contributed by atoms with van der Waals surface area (Å²) >= 11 is 0. The van der Waals surface area contributed by atoms with E-state index < -0.39 is 0 Å². The van der Waals surface area contributed by atoms with Gasteiger partial charge in [-0.3, -0.25) is 0 Å². The van der Waals surface area contributed by atoms with Gasteiger partial charge in [-0.25, -0.2) is 9.79 Å². The largest absolute Gasteiger partial charge is 0.496 e. The van der Waals surface area contributed by atoms with Crippen LogP contribution in [0.25, 0.3) is 6.08 Å². The van der Waals surface area contributed by atoms with Gasteiger partial charge >= 0.3 is 5.97 Å². The Balaban J connectivity index is 1.50. The van der Waals surface area contributed by atoms with E-state index in [9.17, 15) is 4.79 Å². The van der Waals surface area contributed by atoms with Gasteiger partial charge in [0, 0.05) is 17.0 Å². The maximum absolute atomic E-state index is 12.7. The van der Waals surface area contributed by atoms with Crippen LogP contribution in [0.2, 0.25) is 0 Å². The SMILES string of the molecule is COc1cc(OC)c(OC)cc1/C=C1\N=C(C23CC4CC(CC(C4)C2)C3)OC1=O. The molecule has 0 aromatic heterocycles. The first kappa shape index (κ1) is 18.5. The van der Waals surface area contributed by atoms with Crippen molar-refractivity contribution in [2.24, 2.45) is 28.2 Å². The molecule has 1 aliphatic heterocycles. The van der Waals surface area contributed by atoms with Gasteiger partial charge in [0.15, 0.2) is 17.2 Å². The Morgan fingerprint density at radius 1 is 0.931 bits per heavy atom. The normalized spacial score (nSPS) is 33.6. The zero-order valence-electron chi connectivity index (χ0n) is 17.2. The molecule has 4 saturated carbocycles. The van der Waals surface area contributed by atoms with Gasteiger partial charge in [-0.2, -0.15) is 0 Å². The maximum atomic E-state index is 12.7. The first-order valence-corrected chi connectivity index (χ1v) is 10.4. The zero-order chi connectivity index (χ0) is 20.2. The number of cyclic esters (lactones) is 1. The zero-order valence-corrected chi connectivity index (χ0v) is 17.2. The summed E-state index contributed by atoms with van der Waals surface area (Å²) < 4.78 is 22.0. The number of aliphatic imine (C=N–C) groups is 1. The Bertz CT molecular complexity index is 881. The van der Waals surface area contributed by atoms with Crippen molar-refractivity contribution in [3.8, 4) is 17.2 Å². The topological polar surface area (TPSA) is 66.3 Å². The number of benzene rings is 1. The average Bonchev–Trinajstić information content (AvgIpc) is 3.08. The second-order valence-electron chi connectivity index (χ2n) is 8.98. The number of carbonyl (C=O) groups excluding carboxylic acids is 1. The molecule has 6 rings (SSSR count). The summed E-state index contributed by atoms with van der Waals surface area (Å²) in [6.07, 6.45) is 9.06. The molecular weight excluding hydrogens is 370 g/mol. The van der Waals surface area contributed by atoms with E-state index in [0.717, 1.165) is 37.0 Å². The molecular formula is C23H27NO5. The highest BCUT2D eigenvalue weighted by molar-refractivity contribution is 6.09. The second-order valence-corrected chi connectivity index (χ2v) is 8.98. The van der Waals surface area contributed by atoms with E-state index in [-0.39, 0.29) is 11.4 Å². The van der Waals surface area contributed by atoms with E-state index in [2.05, 4.69) is 0 Å². The van der Waals surface area contributed by atoms with E-state index in [1.54, 1.807) is 39.5 Å². The Kier molecular flexibility index (Phi) is 4.33. The minimum atomic E-state index is -0.382. The van der Waals surface area contributed by atoms with Crippen molar-refractivity contribution >= 4 is 17.9 Å². The molecule has 154 valence electrons. The fraction of sp³-hybridized carbons (Fsp3) is 0.565. The van der Waals surface area contributed by atoms with Crippen molar-refractivity contribution in [1.82, 2.24) is 0 Å². The van der Waals surface area contributed by atoms with Gasteiger partial charge in [-0.05, 0) is 68.4 Å². The van der Waals surface area contributed by atoms with Crippen molar-refractivity contribution in [1.29, 1.82) is 0 Å².